The standard InChI is InChI=1S/C7H14FN/c8-5-7-3-6(4-7)1-2-9/h6-7H,1-5,9H2. The second-order valence-corrected chi connectivity index (χ2v) is 2.94. The van der Waals surface area contributed by atoms with Gasteiger partial charge in [-0.1, -0.05) is 0 Å². The summed E-state index contributed by atoms with van der Waals surface area (Å²) in [5.74, 6) is 1.12. The van der Waals surface area contributed by atoms with Crippen LogP contribution in [0.15, 0.2) is 0 Å². The molecule has 2 N–H and O–H groups in total. The minimum Gasteiger partial charge on any atom is -0.330 e. The van der Waals surface area contributed by atoms with Gasteiger partial charge in [0.25, 0.3) is 0 Å². The first-order chi connectivity index (χ1) is 4.36. The third-order valence-corrected chi connectivity index (χ3v) is 2.13. The third-order valence-electron chi connectivity index (χ3n) is 2.13. The Labute approximate surface area is 55.4 Å². The molecule has 0 spiro atoms. The number of nitrogens with two attached hydrogens (primary N) is 1. The zero-order valence-electron chi connectivity index (χ0n) is 5.65. The molecule has 0 bridgehead atoms. The minimum atomic E-state index is -0.124. The van der Waals surface area contributed by atoms with E-state index in [2.05, 4.69) is 0 Å². The molecule has 2 heteroatoms. The molecule has 0 aliphatic heterocycles. The second-order valence-electron chi connectivity index (χ2n) is 2.94. The maximum absolute atomic E-state index is 11.8. The largest absolute Gasteiger partial charge is 0.330 e. The zero-order chi connectivity index (χ0) is 6.69. The van der Waals surface area contributed by atoms with E-state index in [4.69, 9.17) is 5.73 Å². The summed E-state index contributed by atoms with van der Waals surface area (Å²) in [5.41, 5.74) is 5.33. The van der Waals surface area contributed by atoms with Crippen LogP contribution in [0, 0.1) is 11.8 Å². The summed E-state index contributed by atoms with van der Waals surface area (Å²) in [6, 6.07) is 0. The van der Waals surface area contributed by atoms with Crippen molar-refractivity contribution in [3.8, 4) is 0 Å². The van der Waals surface area contributed by atoms with Gasteiger partial charge in [-0.15, -0.1) is 0 Å². The SMILES string of the molecule is NCCC1CC(CF)C1. The summed E-state index contributed by atoms with van der Waals surface area (Å²) >= 11 is 0. The molecule has 1 saturated carbocycles. The van der Waals surface area contributed by atoms with Gasteiger partial charge in [-0.2, -0.15) is 0 Å². The summed E-state index contributed by atoms with van der Waals surface area (Å²) in [6.07, 6.45) is 3.25. The Morgan fingerprint density at radius 1 is 1.33 bits per heavy atom. The molecule has 1 aliphatic rings. The molecular weight excluding hydrogens is 117 g/mol. The number of hydrogen-bond acceptors (Lipinski definition) is 1. The number of hydrogen-bond donors (Lipinski definition) is 1. The van der Waals surface area contributed by atoms with Crippen LogP contribution in [0.2, 0.25) is 0 Å². The molecule has 0 aromatic carbocycles. The molecule has 0 heterocycles. The molecule has 9 heavy (non-hydrogen) atoms. The van der Waals surface area contributed by atoms with E-state index in [-0.39, 0.29) is 6.67 Å². The van der Waals surface area contributed by atoms with Crippen LogP contribution in [0.1, 0.15) is 19.3 Å². The van der Waals surface area contributed by atoms with Crippen LogP contribution in [0.25, 0.3) is 0 Å². The van der Waals surface area contributed by atoms with E-state index in [1.807, 2.05) is 0 Å². The predicted octanol–water partition coefficient (Wildman–Crippen LogP) is 1.33. The fourth-order valence-electron chi connectivity index (χ4n) is 1.47. The van der Waals surface area contributed by atoms with Gasteiger partial charge in [-0.25, -0.2) is 0 Å². The Hall–Kier alpha value is -0.110. The van der Waals surface area contributed by atoms with E-state index in [9.17, 15) is 4.39 Å². The van der Waals surface area contributed by atoms with Crippen molar-refractivity contribution in [1.82, 2.24) is 0 Å². The van der Waals surface area contributed by atoms with Crippen molar-refractivity contribution in [2.45, 2.75) is 19.3 Å². The summed E-state index contributed by atoms with van der Waals surface area (Å²) in [5, 5.41) is 0. The van der Waals surface area contributed by atoms with Crippen molar-refractivity contribution in [2.75, 3.05) is 13.2 Å². The van der Waals surface area contributed by atoms with Crippen LogP contribution in [0.5, 0.6) is 0 Å². The lowest BCUT2D eigenvalue weighted by Gasteiger charge is -2.32. The highest BCUT2D eigenvalue weighted by molar-refractivity contribution is 4.78. The van der Waals surface area contributed by atoms with Gasteiger partial charge >= 0.3 is 0 Å². The van der Waals surface area contributed by atoms with Crippen molar-refractivity contribution in [1.29, 1.82) is 0 Å². The predicted molar refractivity (Wildman–Crippen MR) is 35.9 cm³/mol. The topological polar surface area (TPSA) is 26.0 Å². The van der Waals surface area contributed by atoms with E-state index in [0.29, 0.717) is 5.92 Å². The van der Waals surface area contributed by atoms with Gasteiger partial charge in [-0.3, -0.25) is 4.39 Å². The highest BCUT2D eigenvalue weighted by Crippen LogP contribution is 2.35. The summed E-state index contributed by atoms with van der Waals surface area (Å²) in [4.78, 5) is 0. The average Bonchev–Trinajstić information content (AvgIpc) is 1.77. The Morgan fingerprint density at radius 2 is 2.00 bits per heavy atom. The minimum absolute atomic E-state index is 0.124. The van der Waals surface area contributed by atoms with E-state index < -0.39 is 0 Å². The monoisotopic (exact) mass is 131 g/mol. The molecular formula is C7H14FN. The first kappa shape index (κ1) is 7.00. The molecule has 1 aliphatic carbocycles. The molecule has 1 rings (SSSR count). The van der Waals surface area contributed by atoms with Crippen LogP contribution in [-0.4, -0.2) is 13.2 Å². The van der Waals surface area contributed by atoms with Gasteiger partial charge in [0, 0.05) is 0 Å². The number of alkyl halides is 1. The van der Waals surface area contributed by atoms with Crippen LogP contribution >= 0.6 is 0 Å². The van der Waals surface area contributed by atoms with Crippen LogP contribution in [-0.2, 0) is 0 Å². The van der Waals surface area contributed by atoms with Crippen LogP contribution in [0.4, 0.5) is 4.39 Å². The average molecular weight is 131 g/mol. The van der Waals surface area contributed by atoms with E-state index >= 15 is 0 Å². The molecule has 0 amide bonds. The fraction of sp³-hybridized carbons (Fsp3) is 1.00. The fourth-order valence-corrected chi connectivity index (χ4v) is 1.47. The van der Waals surface area contributed by atoms with Crippen molar-refractivity contribution >= 4 is 0 Å². The Bertz CT molecular complexity index is 79.0. The van der Waals surface area contributed by atoms with Crippen LogP contribution < -0.4 is 5.73 Å². The maximum Gasteiger partial charge on any atom is 0.0922 e. The zero-order valence-corrected chi connectivity index (χ0v) is 5.65. The molecule has 0 unspecified atom stereocenters. The maximum atomic E-state index is 11.8. The van der Waals surface area contributed by atoms with Crippen LogP contribution in [0.3, 0.4) is 0 Å². The molecule has 0 aromatic heterocycles. The van der Waals surface area contributed by atoms with Gasteiger partial charge in [0.1, 0.15) is 0 Å². The first-order valence-corrected chi connectivity index (χ1v) is 3.62. The molecule has 0 radical (unpaired) electrons. The Morgan fingerprint density at radius 3 is 2.44 bits per heavy atom. The van der Waals surface area contributed by atoms with Crippen molar-refractivity contribution < 1.29 is 4.39 Å². The van der Waals surface area contributed by atoms with Crippen molar-refractivity contribution in [3.05, 3.63) is 0 Å². The smallest absolute Gasteiger partial charge is 0.0922 e. The Balaban J connectivity index is 1.98. The molecule has 1 nitrogen and oxygen atoms in total. The highest BCUT2D eigenvalue weighted by Gasteiger charge is 2.27. The van der Waals surface area contributed by atoms with E-state index in [1.165, 1.54) is 0 Å². The van der Waals surface area contributed by atoms with Crippen molar-refractivity contribution in [3.63, 3.8) is 0 Å². The lowest BCUT2D eigenvalue weighted by atomic mass is 9.74. The van der Waals surface area contributed by atoms with E-state index in [1.54, 1.807) is 0 Å². The summed E-state index contributed by atoms with van der Waals surface area (Å²) in [7, 11) is 0. The second kappa shape index (κ2) is 3.16. The number of rotatable bonds is 3. The number of halogens is 1. The molecule has 0 atom stereocenters. The van der Waals surface area contributed by atoms with Gasteiger partial charge in [0.2, 0.25) is 0 Å². The highest BCUT2D eigenvalue weighted by atomic mass is 19.1. The molecule has 54 valence electrons. The van der Waals surface area contributed by atoms with E-state index in [0.717, 1.165) is 31.7 Å². The van der Waals surface area contributed by atoms with Crippen molar-refractivity contribution in [2.24, 2.45) is 17.6 Å². The molecule has 1 fully saturated rings. The van der Waals surface area contributed by atoms with Gasteiger partial charge in [0.05, 0.1) is 6.67 Å². The summed E-state index contributed by atoms with van der Waals surface area (Å²) < 4.78 is 11.8. The third kappa shape index (κ3) is 1.65. The molecule has 0 aromatic rings. The molecule has 0 saturated heterocycles. The quantitative estimate of drug-likeness (QED) is 0.614. The lowest BCUT2D eigenvalue weighted by Crippen LogP contribution is -2.26. The van der Waals surface area contributed by atoms with Gasteiger partial charge in [0.15, 0.2) is 0 Å². The summed E-state index contributed by atoms with van der Waals surface area (Å²) in [6.45, 7) is 0.644. The normalized spacial score (nSPS) is 34.0. The Kier molecular flexibility index (Phi) is 2.46. The van der Waals surface area contributed by atoms with Gasteiger partial charge < -0.3 is 5.73 Å². The lowest BCUT2D eigenvalue weighted by molar-refractivity contribution is 0.149. The first-order valence-electron chi connectivity index (χ1n) is 3.62. The van der Waals surface area contributed by atoms with Gasteiger partial charge in [-0.05, 0) is 37.6 Å².